The summed E-state index contributed by atoms with van der Waals surface area (Å²) in [5.41, 5.74) is 0.0411. The van der Waals surface area contributed by atoms with Crippen molar-refractivity contribution < 1.29 is 13.2 Å². The van der Waals surface area contributed by atoms with Gasteiger partial charge in [-0.05, 0) is 48.5 Å². The Morgan fingerprint density at radius 3 is 2.68 bits per heavy atom. The van der Waals surface area contributed by atoms with Gasteiger partial charge in [-0.3, -0.25) is 4.79 Å². The second kappa shape index (κ2) is 6.67. The van der Waals surface area contributed by atoms with E-state index in [4.69, 9.17) is 0 Å². The molecule has 0 aromatic carbocycles. The van der Waals surface area contributed by atoms with E-state index in [0.29, 0.717) is 23.8 Å². The molecule has 5 nitrogen and oxygen atoms in total. The van der Waals surface area contributed by atoms with Crippen LogP contribution in [0.15, 0.2) is 21.7 Å². The van der Waals surface area contributed by atoms with Crippen molar-refractivity contribution in [2.75, 3.05) is 19.6 Å². The fourth-order valence-electron chi connectivity index (χ4n) is 4.52. The highest BCUT2D eigenvalue weighted by Gasteiger charge is 2.50. The highest BCUT2D eigenvalue weighted by molar-refractivity contribution is 7.91. The maximum atomic E-state index is 13.0. The lowest BCUT2D eigenvalue weighted by molar-refractivity contribution is -0.122. The zero-order valence-electron chi connectivity index (χ0n) is 14.4. The van der Waals surface area contributed by atoms with Crippen LogP contribution in [0.1, 0.15) is 44.9 Å². The monoisotopic (exact) mass is 382 g/mol. The fraction of sp³-hybridized carbons (Fsp3) is 0.722. The minimum atomic E-state index is -3.41. The first-order chi connectivity index (χ1) is 12.0. The summed E-state index contributed by atoms with van der Waals surface area (Å²) in [6.07, 6.45) is 7.72. The Kier molecular flexibility index (Phi) is 4.67. The van der Waals surface area contributed by atoms with Gasteiger partial charge in [-0.25, -0.2) is 8.42 Å². The molecular weight excluding hydrogens is 356 g/mol. The third-order valence-corrected chi connectivity index (χ3v) is 9.38. The zero-order chi connectivity index (χ0) is 17.5. The molecule has 1 aliphatic heterocycles. The molecule has 2 saturated carbocycles. The van der Waals surface area contributed by atoms with Crippen LogP contribution >= 0.6 is 11.3 Å². The number of hydrogen-bond donors (Lipinski definition) is 1. The fourth-order valence-corrected chi connectivity index (χ4v) is 7.25. The van der Waals surface area contributed by atoms with Gasteiger partial charge in [-0.2, -0.15) is 4.31 Å². The largest absolute Gasteiger partial charge is 0.356 e. The molecule has 0 bridgehead atoms. The van der Waals surface area contributed by atoms with E-state index in [1.165, 1.54) is 30.6 Å². The molecule has 2 aliphatic carbocycles. The Balaban J connectivity index is 1.52. The van der Waals surface area contributed by atoms with E-state index >= 15 is 0 Å². The Hall–Kier alpha value is -0.920. The molecule has 25 heavy (non-hydrogen) atoms. The van der Waals surface area contributed by atoms with Crippen molar-refractivity contribution in [2.24, 2.45) is 17.3 Å². The van der Waals surface area contributed by atoms with Crippen LogP contribution in [0, 0.1) is 17.3 Å². The van der Waals surface area contributed by atoms with E-state index in [1.54, 1.807) is 16.4 Å². The van der Waals surface area contributed by atoms with Gasteiger partial charge in [-0.1, -0.05) is 25.3 Å². The van der Waals surface area contributed by atoms with Crippen LogP contribution in [0.2, 0.25) is 0 Å². The second-order valence-corrected chi connectivity index (χ2v) is 11.0. The van der Waals surface area contributed by atoms with Crippen LogP contribution in [0.4, 0.5) is 0 Å². The van der Waals surface area contributed by atoms with E-state index in [-0.39, 0.29) is 23.2 Å². The summed E-state index contributed by atoms with van der Waals surface area (Å²) in [5, 5.41) is 4.92. The van der Waals surface area contributed by atoms with E-state index in [9.17, 15) is 13.2 Å². The molecule has 0 radical (unpaired) electrons. The molecule has 1 aromatic rings. The average Bonchev–Trinajstić information content (AvgIpc) is 3.18. The van der Waals surface area contributed by atoms with Gasteiger partial charge in [0.05, 0.1) is 0 Å². The molecule has 138 valence electrons. The topological polar surface area (TPSA) is 66.5 Å². The number of nitrogens with zero attached hydrogens (tertiary/aromatic N) is 1. The molecule has 3 aliphatic rings. The summed E-state index contributed by atoms with van der Waals surface area (Å²) < 4.78 is 28.1. The van der Waals surface area contributed by atoms with Gasteiger partial charge in [0.2, 0.25) is 5.91 Å². The number of carbonyl (C=O) groups excluding carboxylic acids is 1. The van der Waals surface area contributed by atoms with Crippen LogP contribution in [0.3, 0.4) is 0 Å². The molecule has 1 atom stereocenters. The number of carbonyl (C=O) groups is 1. The zero-order valence-corrected chi connectivity index (χ0v) is 16.1. The Labute approximate surface area is 153 Å². The van der Waals surface area contributed by atoms with E-state index in [0.717, 1.165) is 25.7 Å². The van der Waals surface area contributed by atoms with Gasteiger partial charge in [0.25, 0.3) is 10.0 Å². The van der Waals surface area contributed by atoms with Crippen LogP contribution in [0.25, 0.3) is 0 Å². The summed E-state index contributed by atoms with van der Waals surface area (Å²) in [4.78, 5) is 12.1. The van der Waals surface area contributed by atoms with E-state index in [2.05, 4.69) is 5.32 Å². The molecule has 1 amide bonds. The van der Waals surface area contributed by atoms with Gasteiger partial charge in [0, 0.05) is 25.6 Å². The number of amides is 1. The molecule has 1 spiro atoms. The molecule has 3 fully saturated rings. The average molecular weight is 383 g/mol. The molecule has 4 rings (SSSR count). The van der Waals surface area contributed by atoms with Crippen LogP contribution in [0.5, 0.6) is 0 Å². The molecule has 1 N–H and O–H groups in total. The lowest BCUT2D eigenvalue weighted by Crippen LogP contribution is -2.40. The summed E-state index contributed by atoms with van der Waals surface area (Å²) in [6, 6.07) is 3.48. The number of nitrogens with one attached hydrogen (secondary N) is 1. The highest BCUT2D eigenvalue weighted by Crippen LogP contribution is 2.48. The molecule has 1 saturated heterocycles. The van der Waals surface area contributed by atoms with Crippen LogP contribution < -0.4 is 5.32 Å². The van der Waals surface area contributed by atoms with Crippen molar-refractivity contribution in [1.29, 1.82) is 0 Å². The number of sulfonamides is 1. The molecule has 1 aromatic heterocycles. The molecule has 7 heteroatoms. The quantitative estimate of drug-likeness (QED) is 0.851. The summed E-state index contributed by atoms with van der Waals surface area (Å²) in [6.45, 7) is 1.76. The first-order valence-corrected chi connectivity index (χ1v) is 11.6. The van der Waals surface area contributed by atoms with E-state index < -0.39 is 10.0 Å². The van der Waals surface area contributed by atoms with E-state index in [1.807, 2.05) is 5.38 Å². The summed E-state index contributed by atoms with van der Waals surface area (Å²) >= 11 is 1.28. The Morgan fingerprint density at radius 2 is 2.04 bits per heavy atom. The maximum Gasteiger partial charge on any atom is 0.252 e. The third kappa shape index (κ3) is 3.38. The first-order valence-electron chi connectivity index (χ1n) is 9.33. The smallest absolute Gasteiger partial charge is 0.252 e. The maximum absolute atomic E-state index is 13.0. The number of rotatable bonds is 5. The molecule has 1 unspecified atom stereocenters. The predicted molar refractivity (Wildman–Crippen MR) is 97.8 cm³/mol. The predicted octanol–water partition coefficient (Wildman–Crippen LogP) is 2.85. The van der Waals surface area contributed by atoms with Crippen molar-refractivity contribution in [2.45, 2.75) is 49.2 Å². The normalized spacial score (nSPS) is 26.8. The lowest BCUT2D eigenvalue weighted by atomic mass is 9.68. The van der Waals surface area contributed by atoms with Crippen molar-refractivity contribution in [3.8, 4) is 0 Å². The van der Waals surface area contributed by atoms with Gasteiger partial charge < -0.3 is 5.32 Å². The van der Waals surface area contributed by atoms with Crippen LogP contribution in [-0.2, 0) is 14.8 Å². The first kappa shape index (κ1) is 17.5. The number of thiophene rings is 1. The van der Waals surface area contributed by atoms with Crippen molar-refractivity contribution in [3.05, 3.63) is 17.5 Å². The minimum absolute atomic E-state index is 0.0411. The minimum Gasteiger partial charge on any atom is -0.356 e. The van der Waals surface area contributed by atoms with Crippen molar-refractivity contribution >= 4 is 27.3 Å². The van der Waals surface area contributed by atoms with Gasteiger partial charge in [0.15, 0.2) is 0 Å². The van der Waals surface area contributed by atoms with Gasteiger partial charge in [0.1, 0.15) is 4.21 Å². The summed E-state index contributed by atoms with van der Waals surface area (Å²) in [5.74, 6) is 0.588. The van der Waals surface area contributed by atoms with Crippen molar-refractivity contribution in [1.82, 2.24) is 9.62 Å². The lowest BCUT2D eigenvalue weighted by Gasteiger charge is -2.38. The Morgan fingerprint density at radius 1 is 1.28 bits per heavy atom. The standard InChI is InChI=1S/C18H26N2O3S2/c21-17(14-6-7-14)19-11-15-12-20(13-18(15)8-2-1-3-9-18)25(22,23)16-5-4-10-24-16/h4-5,10,14-15H,1-3,6-9,11-13H2,(H,19,21). The van der Waals surface area contributed by atoms with Crippen LogP contribution in [-0.4, -0.2) is 38.3 Å². The Bertz CT molecular complexity index is 720. The molecule has 2 heterocycles. The highest BCUT2D eigenvalue weighted by atomic mass is 32.2. The SMILES string of the molecule is O=C(NCC1CN(S(=O)(=O)c2cccs2)CC12CCCCC2)C1CC1. The van der Waals surface area contributed by atoms with Gasteiger partial charge >= 0.3 is 0 Å². The van der Waals surface area contributed by atoms with Gasteiger partial charge in [-0.15, -0.1) is 11.3 Å². The summed E-state index contributed by atoms with van der Waals surface area (Å²) in [7, 11) is -3.41. The van der Waals surface area contributed by atoms with Crippen molar-refractivity contribution in [3.63, 3.8) is 0 Å². The number of hydrogen-bond acceptors (Lipinski definition) is 4. The third-order valence-electron chi connectivity index (χ3n) is 6.19. The molecular formula is C18H26N2O3S2. The second-order valence-electron chi connectivity index (χ2n) is 7.87.